The molecule has 0 bridgehead atoms. The molecule has 46 heavy (non-hydrogen) atoms. The van der Waals surface area contributed by atoms with Gasteiger partial charge in [0.25, 0.3) is 0 Å². The molecule has 1 aliphatic carbocycles. The fourth-order valence-corrected chi connectivity index (χ4v) is 6.62. The van der Waals surface area contributed by atoms with E-state index in [1.165, 1.54) is 11.1 Å². The normalized spacial score (nSPS) is 14.6. The first-order chi connectivity index (χ1) is 22.1. The van der Waals surface area contributed by atoms with Gasteiger partial charge in [0.2, 0.25) is 0 Å². The average Bonchev–Trinajstić information content (AvgIpc) is 3.05. The molecule has 4 nitrogen and oxygen atoms in total. The van der Waals surface area contributed by atoms with E-state index in [4.69, 9.17) is 0 Å². The minimum atomic E-state index is -0.0515. The monoisotopic (exact) mass is 608 g/mol. The van der Waals surface area contributed by atoms with Crippen LogP contribution in [0.25, 0.3) is 0 Å². The van der Waals surface area contributed by atoms with Gasteiger partial charge in [-0.2, -0.15) is 0 Å². The molecular weight excluding hydrogens is 568 g/mol. The lowest BCUT2D eigenvalue weighted by Gasteiger charge is -2.25. The van der Waals surface area contributed by atoms with Gasteiger partial charge in [0.15, 0.2) is 0 Å². The van der Waals surface area contributed by atoms with Gasteiger partial charge in [0, 0.05) is 17.8 Å². The first-order valence-electron chi connectivity index (χ1n) is 15.7. The highest BCUT2D eigenvalue weighted by Crippen LogP contribution is 2.41. The molecule has 0 heterocycles. The molecule has 4 heteroatoms. The molecule has 0 spiro atoms. The van der Waals surface area contributed by atoms with E-state index >= 15 is 0 Å². The van der Waals surface area contributed by atoms with Crippen LogP contribution in [0.5, 0.6) is 23.0 Å². The Morgan fingerprint density at radius 3 is 1.20 bits per heavy atom. The summed E-state index contributed by atoms with van der Waals surface area (Å²) in [5.74, 6) is 1.27. The fraction of sp³-hybridized carbons (Fsp3) is 0.190. The van der Waals surface area contributed by atoms with Gasteiger partial charge in [-0.3, -0.25) is 0 Å². The summed E-state index contributed by atoms with van der Waals surface area (Å²) in [5.41, 5.74) is 11.2. The van der Waals surface area contributed by atoms with E-state index in [1.807, 2.05) is 76.2 Å². The van der Waals surface area contributed by atoms with Gasteiger partial charge in [-0.05, 0) is 120 Å². The first-order valence-corrected chi connectivity index (χ1v) is 15.7. The summed E-state index contributed by atoms with van der Waals surface area (Å²) < 4.78 is 0. The largest absolute Gasteiger partial charge is 0.508 e. The van der Waals surface area contributed by atoms with Gasteiger partial charge in [-0.25, -0.2) is 0 Å². The predicted molar refractivity (Wildman–Crippen MR) is 185 cm³/mol. The maximum absolute atomic E-state index is 10.2. The highest BCUT2D eigenvalue weighted by Gasteiger charge is 2.23. The van der Waals surface area contributed by atoms with Gasteiger partial charge in [0.1, 0.15) is 23.0 Å². The Bertz CT molecular complexity index is 1860. The van der Waals surface area contributed by atoms with Crippen molar-refractivity contribution in [3.05, 3.63) is 176 Å². The summed E-state index contributed by atoms with van der Waals surface area (Å²) in [6.45, 7) is 7.65. The zero-order valence-electron chi connectivity index (χ0n) is 26.7. The molecule has 232 valence electrons. The van der Waals surface area contributed by atoms with Crippen LogP contribution in [0.1, 0.15) is 79.8 Å². The summed E-state index contributed by atoms with van der Waals surface area (Å²) in [4.78, 5) is 0. The molecule has 1 aliphatic rings. The maximum atomic E-state index is 10.2. The van der Waals surface area contributed by atoms with E-state index < -0.39 is 0 Å². The van der Waals surface area contributed by atoms with Crippen LogP contribution in [-0.2, 0) is 0 Å². The topological polar surface area (TPSA) is 80.9 Å². The third kappa shape index (κ3) is 6.16. The second-order valence-corrected chi connectivity index (χ2v) is 12.6. The lowest BCUT2D eigenvalue weighted by atomic mass is 9.79. The number of phenolic OH excluding ortho intramolecular Hbond substituents is 4. The lowest BCUT2D eigenvalue weighted by molar-refractivity contribution is 0.470. The number of allylic oxidation sites excluding steroid dienone is 4. The Morgan fingerprint density at radius 2 is 0.848 bits per heavy atom. The Morgan fingerprint density at radius 1 is 0.478 bits per heavy atom. The number of hydrogen-bond acceptors (Lipinski definition) is 4. The number of phenols is 4. The van der Waals surface area contributed by atoms with Crippen molar-refractivity contribution in [2.75, 3.05) is 0 Å². The second-order valence-electron chi connectivity index (χ2n) is 12.6. The van der Waals surface area contributed by atoms with E-state index in [9.17, 15) is 20.4 Å². The number of aromatic hydroxyl groups is 4. The van der Waals surface area contributed by atoms with Crippen molar-refractivity contribution in [2.45, 2.75) is 51.9 Å². The highest BCUT2D eigenvalue weighted by atomic mass is 16.3. The molecule has 0 saturated carbocycles. The molecule has 0 saturated heterocycles. The molecule has 1 unspecified atom stereocenters. The Balaban J connectivity index is 1.30. The van der Waals surface area contributed by atoms with Crippen molar-refractivity contribution in [1.29, 1.82) is 0 Å². The van der Waals surface area contributed by atoms with Crippen molar-refractivity contribution >= 4 is 0 Å². The molecule has 4 N–H and O–H groups in total. The summed E-state index contributed by atoms with van der Waals surface area (Å²) >= 11 is 0. The minimum absolute atomic E-state index is 0.0264. The Labute approximate surface area is 271 Å². The van der Waals surface area contributed by atoms with Crippen LogP contribution in [0.3, 0.4) is 0 Å². The van der Waals surface area contributed by atoms with Crippen molar-refractivity contribution in [2.24, 2.45) is 0 Å². The van der Waals surface area contributed by atoms with Crippen molar-refractivity contribution < 1.29 is 20.4 Å². The zero-order valence-corrected chi connectivity index (χ0v) is 26.7. The van der Waals surface area contributed by atoms with Crippen LogP contribution in [0.15, 0.2) is 121 Å². The number of hydrogen-bond donors (Lipinski definition) is 4. The molecule has 5 aromatic rings. The average molecular weight is 609 g/mol. The van der Waals surface area contributed by atoms with Crippen LogP contribution in [-0.4, -0.2) is 20.4 Å². The van der Waals surface area contributed by atoms with Crippen LogP contribution in [0.4, 0.5) is 0 Å². The molecule has 0 radical (unpaired) electrons. The van der Waals surface area contributed by atoms with Gasteiger partial charge >= 0.3 is 0 Å². The lowest BCUT2D eigenvalue weighted by Crippen LogP contribution is -2.09. The minimum Gasteiger partial charge on any atom is -0.508 e. The van der Waals surface area contributed by atoms with E-state index in [1.54, 1.807) is 24.3 Å². The van der Waals surface area contributed by atoms with Crippen LogP contribution < -0.4 is 0 Å². The van der Waals surface area contributed by atoms with Crippen molar-refractivity contribution in [1.82, 2.24) is 0 Å². The first kappa shape index (κ1) is 30.8. The fourth-order valence-electron chi connectivity index (χ4n) is 6.62. The van der Waals surface area contributed by atoms with Gasteiger partial charge in [-0.15, -0.1) is 0 Å². The molecule has 0 fully saturated rings. The smallest absolute Gasteiger partial charge is 0.118 e. The predicted octanol–water partition coefficient (Wildman–Crippen LogP) is 9.72. The number of benzene rings is 5. The molecule has 0 amide bonds. The van der Waals surface area contributed by atoms with E-state index in [0.29, 0.717) is 0 Å². The van der Waals surface area contributed by atoms with Crippen molar-refractivity contribution in [3.63, 3.8) is 0 Å². The van der Waals surface area contributed by atoms with Gasteiger partial charge in [0.05, 0.1) is 0 Å². The van der Waals surface area contributed by atoms with Crippen LogP contribution in [0, 0.1) is 27.7 Å². The molecule has 1 atom stereocenters. The van der Waals surface area contributed by atoms with Gasteiger partial charge in [-0.1, -0.05) is 91.0 Å². The van der Waals surface area contributed by atoms with Crippen molar-refractivity contribution in [3.8, 4) is 23.0 Å². The summed E-state index contributed by atoms with van der Waals surface area (Å²) in [6, 6.07) is 31.9. The Hall–Kier alpha value is -5.22. The summed E-state index contributed by atoms with van der Waals surface area (Å²) in [7, 11) is 0. The SMILES string of the molecule is Cc1cc(C(C2=CCC(c3ccc(C(c4ccc(O)c(C)c4)c4ccc(O)c(C)c4)cc3)C=C2)c2ccc(O)c(C)c2)ccc1O. The Kier molecular flexibility index (Phi) is 8.46. The third-order valence-corrected chi connectivity index (χ3v) is 9.38. The van der Waals surface area contributed by atoms with Crippen LogP contribution in [0.2, 0.25) is 0 Å². The van der Waals surface area contributed by atoms with E-state index in [0.717, 1.165) is 56.5 Å². The molecule has 5 aromatic carbocycles. The molecule has 6 rings (SSSR count). The summed E-state index contributed by atoms with van der Waals surface area (Å²) in [5, 5.41) is 40.8. The standard InChI is InChI=1S/C42H40O4/c1-25-21-33(13-17-37(25)43)41(34-14-18-38(44)26(2)22-34)31-9-5-29(6-10-31)30-7-11-32(12-8-30)42(35-15-19-39(45)27(3)23-35)36-16-20-40(46)28(4)24-36/h5-7,9-24,30,41-46H,8H2,1-4H3. The molecular formula is C42H40O4. The zero-order chi connectivity index (χ0) is 32.5. The quantitative estimate of drug-likeness (QED) is 0.139. The highest BCUT2D eigenvalue weighted by molar-refractivity contribution is 5.53. The number of aryl methyl sites for hydroxylation is 4. The van der Waals surface area contributed by atoms with Gasteiger partial charge < -0.3 is 20.4 Å². The number of rotatable bonds is 7. The third-order valence-electron chi connectivity index (χ3n) is 9.38. The summed E-state index contributed by atoms with van der Waals surface area (Å²) in [6.07, 6.45) is 7.67. The van der Waals surface area contributed by atoms with Crippen LogP contribution >= 0.6 is 0 Å². The second kappa shape index (κ2) is 12.6. The van der Waals surface area contributed by atoms with E-state index in [2.05, 4.69) is 42.5 Å². The molecule has 0 aliphatic heterocycles. The maximum Gasteiger partial charge on any atom is 0.118 e. The molecule has 0 aromatic heterocycles. The van der Waals surface area contributed by atoms with E-state index in [-0.39, 0.29) is 40.8 Å².